The van der Waals surface area contributed by atoms with Gasteiger partial charge in [0.05, 0.1) is 0 Å². The molecule has 2 rings (SSSR count). The van der Waals surface area contributed by atoms with E-state index in [1.165, 1.54) is 77.0 Å². The number of unbranched alkanes of at least 4 members (excludes halogenated alkanes) is 4. The number of aromatic amines is 1. The fourth-order valence-electron chi connectivity index (χ4n) is 3.43. The van der Waals surface area contributed by atoms with E-state index in [1.54, 1.807) is 22.5 Å². The molecule has 0 atom stereocenters. The van der Waals surface area contributed by atoms with Gasteiger partial charge in [0, 0.05) is 11.4 Å². The summed E-state index contributed by atoms with van der Waals surface area (Å²) in [5, 5.41) is 0. The van der Waals surface area contributed by atoms with Crippen LogP contribution in [0.3, 0.4) is 0 Å². The molecule has 1 aromatic rings. The van der Waals surface area contributed by atoms with E-state index in [-0.39, 0.29) is 0 Å². The summed E-state index contributed by atoms with van der Waals surface area (Å²) in [5.74, 6) is 0. The molecule has 1 heterocycles. The average molecular weight is 261 g/mol. The number of aromatic nitrogens is 1. The Morgan fingerprint density at radius 1 is 0.737 bits per heavy atom. The molecular weight excluding hydrogens is 230 g/mol. The van der Waals surface area contributed by atoms with Crippen LogP contribution < -0.4 is 0 Å². The minimum absolute atomic E-state index is 1.28. The third kappa shape index (κ3) is 3.87. The van der Waals surface area contributed by atoms with Gasteiger partial charge in [-0.1, -0.05) is 39.5 Å². The van der Waals surface area contributed by atoms with Gasteiger partial charge in [0.1, 0.15) is 0 Å². The summed E-state index contributed by atoms with van der Waals surface area (Å²) in [6, 6.07) is 0. The lowest BCUT2D eigenvalue weighted by molar-refractivity contribution is 0.664. The van der Waals surface area contributed by atoms with Crippen molar-refractivity contribution in [2.24, 2.45) is 0 Å². The van der Waals surface area contributed by atoms with Gasteiger partial charge in [-0.2, -0.15) is 0 Å². The summed E-state index contributed by atoms with van der Waals surface area (Å²) >= 11 is 0. The van der Waals surface area contributed by atoms with Crippen LogP contribution in [0.2, 0.25) is 0 Å². The molecule has 108 valence electrons. The molecule has 0 saturated heterocycles. The van der Waals surface area contributed by atoms with Gasteiger partial charge in [0.15, 0.2) is 0 Å². The van der Waals surface area contributed by atoms with E-state index in [0.717, 1.165) is 0 Å². The molecule has 1 N–H and O–H groups in total. The minimum atomic E-state index is 1.28. The third-order valence-corrected chi connectivity index (χ3v) is 4.56. The number of rotatable bonds is 8. The molecule has 0 saturated carbocycles. The summed E-state index contributed by atoms with van der Waals surface area (Å²) in [4.78, 5) is 3.81. The van der Waals surface area contributed by atoms with Gasteiger partial charge in [0.25, 0.3) is 0 Å². The van der Waals surface area contributed by atoms with Crippen molar-refractivity contribution in [3.8, 4) is 0 Å². The first kappa shape index (κ1) is 14.7. The van der Waals surface area contributed by atoms with E-state index in [9.17, 15) is 0 Å². The van der Waals surface area contributed by atoms with Crippen LogP contribution in [0.25, 0.3) is 0 Å². The van der Waals surface area contributed by atoms with Crippen LogP contribution in [0.15, 0.2) is 0 Å². The number of aryl methyl sites for hydroxylation is 2. The van der Waals surface area contributed by atoms with Crippen molar-refractivity contribution >= 4 is 0 Å². The molecule has 0 bridgehead atoms. The van der Waals surface area contributed by atoms with Crippen LogP contribution in [0.1, 0.15) is 87.7 Å². The zero-order chi connectivity index (χ0) is 13.5. The van der Waals surface area contributed by atoms with Crippen LogP contribution in [-0.4, -0.2) is 4.98 Å². The Labute approximate surface area is 119 Å². The first-order valence-electron chi connectivity index (χ1n) is 8.58. The SMILES string of the molecule is CCCCCc1[nH]c(CCCCC)c2c1CCCC2. The average Bonchev–Trinajstić information content (AvgIpc) is 2.79. The highest BCUT2D eigenvalue weighted by atomic mass is 14.7. The lowest BCUT2D eigenvalue weighted by Gasteiger charge is -2.14. The van der Waals surface area contributed by atoms with Crippen molar-refractivity contribution in [1.82, 2.24) is 4.98 Å². The van der Waals surface area contributed by atoms with Gasteiger partial charge in [-0.15, -0.1) is 0 Å². The van der Waals surface area contributed by atoms with Crippen LogP contribution in [0.4, 0.5) is 0 Å². The number of nitrogens with one attached hydrogen (secondary N) is 1. The number of hydrogen-bond donors (Lipinski definition) is 1. The molecule has 0 radical (unpaired) electrons. The lowest BCUT2D eigenvalue weighted by atomic mass is 9.90. The van der Waals surface area contributed by atoms with Gasteiger partial charge in [-0.3, -0.25) is 0 Å². The van der Waals surface area contributed by atoms with Crippen molar-refractivity contribution in [3.05, 3.63) is 22.5 Å². The summed E-state index contributed by atoms with van der Waals surface area (Å²) in [7, 11) is 0. The molecule has 0 spiro atoms. The predicted molar refractivity (Wildman–Crippen MR) is 83.9 cm³/mol. The summed E-state index contributed by atoms with van der Waals surface area (Å²) < 4.78 is 0. The molecule has 0 fully saturated rings. The largest absolute Gasteiger partial charge is 0.362 e. The van der Waals surface area contributed by atoms with Crippen LogP contribution in [-0.2, 0) is 25.7 Å². The Morgan fingerprint density at radius 2 is 1.21 bits per heavy atom. The minimum Gasteiger partial charge on any atom is -0.362 e. The maximum Gasteiger partial charge on any atom is 0.0184 e. The highest BCUT2D eigenvalue weighted by molar-refractivity contribution is 5.39. The van der Waals surface area contributed by atoms with E-state index >= 15 is 0 Å². The maximum atomic E-state index is 3.81. The molecule has 0 amide bonds. The highest BCUT2D eigenvalue weighted by Crippen LogP contribution is 2.29. The lowest BCUT2D eigenvalue weighted by Crippen LogP contribution is -2.03. The van der Waals surface area contributed by atoms with Gasteiger partial charge in [-0.25, -0.2) is 0 Å². The van der Waals surface area contributed by atoms with E-state index in [2.05, 4.69) is 18.8 Å². The fourth-order valence-corrected chi connectivity index (χ4v) is 3.43. The van der Waals surface area contributed by atoms with Gasteiger partial charge >= 0.3 is 0 Å². The van der Waals surface area contributed by atoms with Gasteiger partial charge in [0.2, 0.25) is 0 Å². The fraction of sp³-hybridized carbons (Fsp3) is 0.778. The van der Waals surface area contributed by atoms with Gasteiger partial charge in [-0.05, 0) is 62.5 Å². The van der Waals surface area contributed by atoms with Crippen molar-refractivity contribution in [2.45, 2.75) is 90.9 Å². The van der Waals surface area contributed by atoms with Crippen LogP contribution in [0.5, 0.6) is 0 Å². The summed E-state index contributed by atoms with van der Waals surface area (Å²) in [5.41, 5.74) is 6.62. The Balaban J connectivity index is 2.05. The summed E-state index contributed by atoms with van der Waals surface area (Å²) in [6.45, 7) is 4.58. The normalized spacial score (nSPS) is 14.6. The van der Waals surface area contributed by atoms with E-state index in [1.807, 2.05) is 0 Å². The molecular formula is C18H31N. The first-order chi connectivity index (χ1) is 9.36. The second-order valence-corrected chi connectivity index (χ2v) is 6.16. The molecule has 19 heavy (non-hydrogen) atoms. The van der Waals surface area contributed by atoms with Crippen LogP contribution in [0, 0.1) is 0 Å². The molecule has 1 nitrogen and oxygen atoms in total. The molecule has 1 aromatic heterocycles. The van der Waals surface area contributed by atoms with E-state index < -0.39 is 0 Å². The quantitative estimate of drug-likeness (QED) is 0.606. The zero-order valence-corrected chi connectivity index (χ0v) is 13.0. The first-order valence-corrected chi connectivity index (χ1v) is 8.58. The number of hydrogen-bond acceptors (Lipinski definition) is 0. The Bertz CT molecular complexity index is 341. The maximum absolute atomic E-state index is 3.81. The predicted octanol–water partition coefficient (Wildman–Crippen LogP) is 5.36. The molecule has 1 aliphatic carbocycles. The molecule has 1 aliphatic rings. The summed E-state index contributed by atoms with van der Waals surface area (Å²) in [6.07, 6.45) is 16.2. The second-order valence-electron chi connectivity index (χ2n) is 6.16. The van der Waals surface area contributed by atoms with Crippen molar-refractivity contribution in [1.29, 1.82) is 0 Å². The zero-order valence-electron chi connectivity index (χ0n) is 13.0. The smallest absolute Gasteiger partial charge is 0.0184 e. The third-order valence-electron chi connectivity index (χ3n) is 4.56. The van der Waals surface area contributed by atoms with Crippen LogP contribution >= 0.6 is 0 Å². The number of fused-ring (bicyclic) bond motifs is 1. The molecule has 0 unspecified atom stereocenters. The van der Waals surface area contributed by atoms with Gasteiger partial charge < -0.3 is 4.98 Å². The van der Waals surface area contributed by atoms with E-state index in [0.29, 0.717) is 0 Å². The topological polar surface area (TPSA) is 15.8 Å². The second kappa shape index (κ2) is 7.77. The Kier molecular flexibility index (Phi) is 6.00. The molecule has 0 aliphatic heterocycles. The monoisotopic (exact) mass is 261 g/mol. The van der Waals surface area contributed by atoms with Crippen molar-refractivity contribution in [3.63, 3.8) is 0 Å². The Morgan fingerprint density at radius 3 is 1.63 bits per heavy atom. The van der Waals surface area contributed by atoms with Crippen molar-refractivity contribution < 1.29 is 0 Å². The Hall–Kier alpha value is -0.720. The van der Waals surface area contributed by atoms with Crippen molar-refractivity contribution in [2.75, 3.05) is 0 Å². The highest BCUT2D eigenvalue weighted by Gasteiger charge is 2.19. The molecule has 1 heteroatoms. The molecule has 0 aromatic carbocycles. The number of H-pyrrole nitrogens is 1. The van der Waals surface area contributed by atoms with E-state index in [4.69, 9.17) is 0 Å². The standard InChI is InChI=1S/C18H31N/c1-3-5-7-13-17-15-11-9-10-12-16(15)18(19-17)14-8-6-4-2/h19H,3-14H2,1-2H3.